The van der Waals surface area contributed by atoms with E-state index in [0.717, 1.165) is 19.3 Å². The Kier molecular flexibility index (Phi) is 7.48. The minimum Gasteiger partial charge on any atom is -0.349 e. The third-order valence-corrected chi connectivity index (χ3v) is 7.49. The van der Waals surface area contributed by atoms with E-state index in [1.165, 1.54) is 12.1 Å². The highest BCUT2D eigenvalue weighted by Crippen LogP contribution is 2.34. The fourth-order valence-electron chi connectivity index (χ4n) is 4.43. The van der Waals surface area contributed by atoms with Crippen LogP contribution in [0.5, 0.6) is 0 Å². The van der Waals surface area contributed by atoms with E-state index in [1.807, 2.05) is 13.8 Å². The van der Waals surface area contributed by atoms with Crippen molar-refractivity contribution >= 4 is 27.6 Å². The van der Waals surface area contributed by atoms with Gasteiger partial charge in [-0.2, -0.15) is 4.72 Å². The molecule has 4 unspecified atom stereocenters. The number of hydrogen-bond donors (Lipinski definition) is 3. The summed E-state index contributed by atoms with van der Waals surface area (Å²) in [5.41, 5.74) is 0. The molecule has 1 aromatic carbocycles. The first-order valence-corrected chi connectivity index (χ1v) is 12.3. The number of carbonyl (C=O) groups excluding carboxylic acids is 3. The third kappa shape index (κ3) is 6.13. The largest absolute Gasteiger partial charge is 0.349 e. The first-order valence-electron chi connectivity index (χ1n) is 10.9. The summed E-state index contributed by atoms with van der Waals surface area (Å²) in [5.74, 6) is -1.30. The Morgan fingerprint density at radius 3 is 2.45 bits per heavy atom. The molecule has 0 aromatic heterocycles. The van der Waals surface area contributed by atoms with E-state index < -0.39 is 39.7 Å². The Morgan fingerprint density at radius 2 is 1.77 bits per heavy atom. The van der Waals surface area contributed by atoms with Crippen molar-refractivity contribution in [3.05, 3.63) is 30.3 Å². The van der Waals surface area contributed by atoms with Gasteiger partial charge >= 0.3 is 0 Å². The Morgan fingerprint density at radius 1 is 1.10 bits per heavy atom. The molecule has 1 aliphatic heterocycles. The second-order valence-electron chi connectivity index (χ2n) is 9.03. The highest BCUT2D eigenvalue weighted by molar-refractivity contribution is 7.89. The van der Waals surface area contributed by atoms with Gasteiger partial charge in [-0.3, -0.25) is 14.4 Å². The van der Waals surface area contributed by atoms with Gasteiger partial charge in [0.2, 0.25) is 21.7 Å². The van der Waals surface area contributed by atoms with Crippen molar-refractivity contribution in [2.24, 2.45) is 17.8 Å². The predicted octanol–water partition coefficient (Wildman–Crippen LogP) is 1.37. The van der Waals surface area contributed by atoms with Gasteiger partial charge in [-0.05, 0) is 55.6 Å². The average molecular weight is 450 g/mol. The molecule has 0 spiro atoms. The van der Waals surface area contributed by atoms with Crippen molar-refractivity contribution in [1.29, 1.82) is 0 Å². The van der Waals surface area contributed by atoms with Crippen LogP contribution in [-0.2, 0) is 24.4 Å². The zero-order chi connectivity index (χ0) is 22.6. The van der Waals surface area contributed by atoms with E-state index in [0.29, 0.717) is 18.9 Å². The topological polar surface area (TPSA) is 121 Å². The number of benzene rings is 1. The normalized spacial score (nSPS) is 25.3. The molecule has 1 aliphatic carbocycles. The Balaban J connectivity index is 1.77. The number of sulfonamides is 1. The van der Waals surface area contributed by atoms with Crippen molar-refractivity contribution in [1.82, 2.24) is 15.4 Å². The summed E-state index contributed by atoms with van der Waals surface area (Å²) in [5, 5.41) is 5.36. The highest BCUT2D eigenvalue weighted by Gasteiger charge is 2.37. The fraction of sp³-hybridized carbons (Fsp3) is 0.591. The van der Waals surface area contributed by atoms with Gasteiger partial charge in [0.1, 0.15) is 6.04 Å². The van der Waals surface area contributed by atoms with Crippen molar-refractivity contribution in [3.8, 4) is 0 Å². The number of carbonyl (C=O) groups is 3. The lowest BCUT2D eigenvalue weighted by Gasteiger charge is -2.25. The molecular formula is C22H31N3O5S. The molecule has 0 radical (unpaired) electrons. The number of hydrogen-bond acceptors (Lipinski definition) is 5. The SMILES string of the molecule is CC(C)CC(NS(=O)(=O)c1ccccc1)C(=O)NC1CC2CCC(CNC(=O)C1=O)C2. The molecule has 3 rings (SSSR count). The maximum absolute atomic E-state index is 13.1. The van der Waals surface area contributed by atoms with Gasteiger partial charge in [0, 0.05) is 6.54 Å². The van der Waals surface area contributed by atoms with Gasteiger partial charge in [-0.1, -0.05) is 38.5 Å². The molecule has 9 heteroatoms. The Hall–Kier alpha value is -2.26. The summed E-state index contributed by atoms with van der Waals surface area (Å²) in [4.78, 5) is 38.0. The van der Waals surface area contributed by atoms with E-state index >= 15 is 0 Å². The van der Waals surface area contributed by atoms with Crippen LogP contribution in [0.1, 0.15) is 46.0 Å². The smallest absolute Gasteiger partial charge is 0.289 e. The maximum atomic E-state index is 13.1. The molecule has 8 nitrogen and oxygen atoms in total. The lowest BCUT2D eigenvalue weighted by molar-refractivity contribution is -0.140. The van der Waals surface area contributed by atoms with E-state index in [4.69, 9.17) is 0 Å². The zero-order valence-corrected chi connectivity index (χ0v) is 18.8. The highest BCUT2D eigenvalue weighted by atomic mass is 32.2. The molecule has 1 saturated heterocycles. The van der Waals surface area contributed by atoms with E-state index in [9.17, 15) is 22.8 Å². The molecule has 4 atom stereocenters. The number of nitrogens with one attached hydrogen (secondary N) is 3. The molecule has 1 heterocycles. The fourth-order valence-corrected chi connectivity index (χ4v) is 5.66. The molecule has 170 valence electrons. The van der Waals surface area contributed by atoms with Crippen LogP contribution in [0.4, 0.5) is 0 Å². The minimum absolute atomic E-state index is 0.0318. The Labute approximate surface area is 183 Å². The zero-order valence-electron chi connectivity index (χ0n) is 18.0. The van der Waals surface area contributed by atoms with Crippen LogP contribution in [0.25, 0.3) is 0 Å². The number of Topliss-reactive ketones (excluding diaryl/α,β-unsaturated/α-hetero) is 1. The summed E-state index contributed by atoms with van der Waals surface area (Å²) in [6.45, 7) is 4.25. The molecule has 2 aliphatic rings. The van der Waals surface area contributed by atoms with Crippen molar-refractivity contribution in [2.75, 3.05) is 6.54 Å². The average Bonchev–Trinajstić information content (AvgIpc) is 3.18. The van der Waals surface area contributed by atoms with Crippen LogP contribution in [0.3, 0.4) is 0 Å². The van der Waals surface area contributed by atoms with Crippen LogP contribution in [0.2, 0.25) is 0 Å². The van der Waals surface area contributed by atoms with Crippen LogP contribution in [-0.4, -0.2) is 44.6 Å². The van der Waals surface area contributed by atoms with Gasteiger partial charge in [-0.15, -0.1) is 0 Å². The van der Waals surface area contributed by atoms with E-state index in [1.54, 1.807) is 18.2 Å². The van der Waals surface area contributed by atoms with Crippen LogP contribution < -0.4 is 15.4 Å². The third-order valence-electron chi connectivity index (χ3n) is 6.00. The minimum atomic E-state index is -3.92. The monoisotopic (exact) mass is 449 g/mol. The number of fused-ring (bicyclic) bond motifs is 2. The van der Waals surface area contributed by atoms with Crippen molar-refractivity contribution in [2.45, 2.75) is 62.9 Å². The summed E-state index contributed by atoms with van der Waals surface area (Å²) < 4.78 is 28.0. The standard InChI is InChI=1S/C22H31N3O5S/c1-14(2)10-19(25-31(29,30)17-6-4-3-5-7-17)21(27)24-18-12-15-8-9-16(11-15)13-23-22(28)20(18)26/h3-7,14-16,18-19,25H,8-13H2,1-2H3,(H,23,28)(H,24,27). The quantitative estimate of drug-likeness (QED) is 0.543. The van der Waals surface area contributed by atoms with Crippen LogP contribution in [0.15, 0.2) is 35.2 Å². The molecular weight excluding hydrogens is 418 g/mol. The molecule has 1 aromatic rings. The summed E-state index contributed by atoms with van der Waals surface area (Å²) in [7, 11) is -3.92. The van der Waals surface area contributed by atoms with Gasteiger partial charge < -0.3 is 10.6 Å². The Bertz CT molecular complexity index is 916. The number of rotatable bonds is 7. The summed E-state index contributed by atoms with van der Waals surface area (Å²) in [6.07, 6.45) is 3.52. The van der Waals surface area contributed by atoms with Gasteiger partial charge in [0.15, 0.2) is 0 Å². The number of amides is 2. The predicted molar refractivity (Wildman–Crippen MR) is 115 cm³/mol. The van der Waals surface area contributed by atoms with Gasteiger partial charge in [0.25, 0.3) is 5.91 Å². The molecule has 2 fully saturated rings. The second kappa shape index (κ2) is 9.91. The van der Waals surface area contributed by atoms with Gasteiger partial charge in [-0.25, -0.2) is 8.42 Å². The molecule has 2 bridgehead atoms. The van der Waals surface area contributed by atoms with E-state index in [2.05, 4.69) is 15.4 Å². The molecule has 31 heavy (non-hydrogen) atoms. The van der Waals surface area contributed by atoms with Crippen LogP contribution in [0, 0.1) is 17.8 Å². The lowest BCUT2D eigenvalue weighted by Crippen LogP contribution is -2.54. The lowest BCUT2D eigenvalue weighted by atomic mass is 9.94. The summed E-state index contributed by atoms with van der Waals surface area (Å²) in [6, 6.07) is 5.82. The van der Waals surface area contributed by atoms with Crippen LogP contribution >= 0.6 is 0 Å². The van der Waals surface area contributed by atoms with Crippen molar-refractivity contribution < 1.29 is 22.8 Å². The van der Waals surface area contributed by atoms with Gasteiger partial charge in [0.05, 0.1) is 10.9 Å². The number of ketones is 1. The summed E-state index contributed by atoms with van der Waals surface area (Å²) >= 11 is 0. The molecule has 2 amide bonds. The second-order valence-corrected chi connectivity index (χ2v) is 10.7. The first-order chi connectivity index (χ1) is 14.7. The molecule has 1 saturated carbocycles. The van der Waals surface area contributed by atoms with E-state index in [-0.39, 0.29) is 23.2 Å². The maximum Gasteiger partial charge on any atom is 0.289 e. The first kappa shape index (κ1) is 23.4. The van der Waals surface area contributed by atoms with Crippen molar-refractivity contribution in [3.63, 3.8) is 0 Å². The molecule has 3 N–H and O–H groups in total.